The second-order valence-corrected chi connectivity index (χ2v) is 6.68. The molecule has 6 heteroatoms. The van der Waals surface area contributed by atoms with Crippen LogP contribution in [0.1, 0.15) is 23.6 Å². The van der Waals surface area contributed by atoms with Crippen LogP contribution in [0.4, 0.5) is 0 Å². The Morgan fingerprint density at radius 1 is 1.44 bits per heavy atom. The van der Waals surface area contributed by atoms with Crippen LogP contribution in [0.3, 0.4) is 0 Å². The van der Waals surface area contributed by atoms with E-state index in [2.05, 4.69) is 4.98 Å². The topological polar surface area (TPSA) is 75.8 Å². The van der Waals surface area contributed by atoms with Gasteiger partial charge >= 0.3 is 0 Å². The molecule has 0 amide bonds. The summed E-state index contributed by atoms with van der Waals surface area (Å²) in [4.78, 5) is 4.32. The number of aryl methyl sites for hydroxylation is 1. The van der Waals surface area contributed by atoms with Gasteiger partial charge < -0.3 is 4.57 Å². The fraction of sp³-hybridized carbons (Fsp3) is 0.333. The summed E-state index contributed by atoms with van der Waals surface area (Å²) in [5.41, 5.74) is 1.97. The molecule has 18 heavy (non-hydrogen) atoms. The molecule has 0 bridgehead atoms. The molecule has 0 aliphatic heterocycles. The van der Waals surface area contributed by atoms with Crippen LogP contribution < -0.4 is 0 Å². The third-order valence-electron chi connectivity index (χ3n) is 3.05. The molecule has 94 valence electrons. The van der Waals surface area contributed by atoms with Gasteiger partial charge in [0.05, 0.1) is 22.7 Å². The zero-order chi connectivity index (χ0) is 13.5. The molecule has 0 fully saturated rings. The maximum atomic E-state index is 11.6. The van der Waals surface area contributed by atoms with E-state index in [4.69, 9.17) is 5.26 Å². The van der Waals surface area contributed by atoms with E-state index in [0.717, 1.165) is 5.52 Å². The number of fused-ring (bicyclic) bond motifs is 1. The van der Waals surface area contributed by atoms with Crippen molar-refractivity contribution < 1.29 is 8.42 Å². The summed E-state index contributed by atoms with van der Waals surface area (Å²) in [5.74, 6) is 0.489. The summed E-state index contributed by atoms with van der Waals surface area (Å²) < 4.78 is 24.9. The Balaban J connectivity index is 2.68. The molecule has 1 heterocycles. The lowest BCUT2D eigenvalue weighted by Crippen LogP contribution is -2.12. The number of hydrogen-bond acceptors (Lipinski definition) is 4. The molecule has 0 aliphatic rings. The Bertz CT molecular complexity index is 753. The fourth-order valence-electron chi connectivity index (χ4n) is 1.84. The highest BCUT2D eigenvalue weighted by atomic mass is 32.2. The van der Waals surface area contributed by atoms with E-state index < -0.39 is 15.1 Å². The first-order valence-electron chi connectivity index (χ1n) is 5.40. The number of sulfone groups is 1. The summed E-state index contributed by atoms with van der Waals surface area (Å²) in [5, 5.41) is 8.16. The molecule has 0 aliphatic carbocycles. The van der Waals surface area contributed by atoms with Crippen LogP contribution in [0.2, 0.25) is 0 Å². The van der Waals surface area contributed by atoms with Crippen molar-refractivity contribution in [3.8, 4) is 6.07 Å². The third kappa shape index (κ3) is 1.97. The van der Waals surface area contributed by atoms with Crippen molar-refractivity contribution in [3.63, 3.8) is 0 Å². The summed E-state index contributed by atoms with van der Waals surface area (Å²) in [6.45, 7) is 1.61. The average Bonchev–Trinajstić information content (AvgIpc) is 2.64. The monoisotopic (exact) mass is 263 g/mol. The van der Waals surface area contributed by atoms with E-state index in [-0.39, 0.29) is 0 Å². The fourth-order valence-corrected chi connectivity index (χ4v) is 2.44. The maximum Gasteiger partial charge on any atom is 0.157 e. The molecule has 0 saturated carbocycles. The Hall–Kier alpha value is -1.87. The molecular weight excluding hydrogens is 250 g/mol. The average molecular weight is 263 g/mol. The van der Waals surface area contributed by atoms with Gasteiger partial charge in [-0.3, -0.25) is 0 Å². The van der Waals surface area contributed by atoms with Crippen molar-refractivity contribution in [3.05, 3.63) is 29.6 Å². The number of nitriles is 1. The minimum Gasteiger partial charge on any atom is -0.330 e. The molecule has 2 aromatic rings. The van der Waals surface area contributed by atoms with Gasteiger partial charge in [0.2, 0.25) is 0 Å². The molecule has 0 saturated heterocycles. The molecular formula is C12H13N3O2S. The first kappa shape index (κ1) is 12.6. The van der Waals surface area contributed by atoms with Crippen LogP contribution in [0.5, 0.6) is 0 Å². The van der Waals surface area contributed by atoms with Crippen molar-refractivity contribution in [1.29, 1.82) is 5.26 Å². The lowest BCUT2D eigenvalue weighted by atomic mass is 10.2. The van der Waals surface area contributed by atoms with Crippen molar-refractivity contribution >= 4 is 20.9 Å². The van der Waals surface area contributed by atoms with E-state index in [1.54, 1.807) is 36.7 Å². The van der Waals surface area contributed by atoms with E-state index >= 15 is 0 Å². The normalized spacial score (nSPS) is 13.4. The Morgan fingerprint density at radius 3 is 2.67 bits per heavy atom. The van der Waals surface area contributed by atoms with Crippen LogP contribution in [-0.4, -0.2) is 24.2 Å². The number of imidazole rings is 1. The van der Waals surface area contributed by atoms with E-state index in [1.165, 1.54) is 6.26 Å². The van der Waals surface area contributed by atoms with E-state index in [0.29, 0.717) is 16.9 Å². The van der Waals surface area contributed by atoms with Crippen molar-refractivity contribution in [2.75, 3.05) is 6.26 Å². The van der Waals surface area contributed by atoms with Gasteiger partial charge in [-0.25, -0.2) is 13.4 Å². The van der Waals surface area contributed by atoms with Crippen LogP contribution in [0.15, 0.2) is 18.2 Å². The number of rotatable bonds is 2. The predicted molar refractivity (Wildman–Crippen MR) is 68.7 cm³/mol. The van der Waals surface area contributed by atoms with Crippen molar-refractivity contribution in [1.82, 2.24) is 9.55 Å². The molecule has 2 rings (SSSR count). The second kappa shape index (κ2) is 4.10. The molecule has 1 atom stereocenters. The molecule has 5 nitrogen and oxygen atoms in total. The molecule has 0 radical (unpaired) electrons. The molecule has 0 N–H and O–H groups in total. The summed E-state index contributed by atoms with van der Waals surface area (Å²) in [6.07, 6.45) is 1.19. The first-order chi connectivity index (χ1) is 8.34. The van der Waals surface area contributed by atoms with Gasteiger partial charge in [-0.1, -0.05) is 0 Å². The number of benzene rings is 1. The SMILES string of the molecule is CC(c1nc2cc(C#N)ccc2n1C)S(C)(=O)=O. The minimum atomic E-state index is -3.19. The largest absolute Gasteiger partial charge is 0.330 e. The highest BCUT2D eigenvalue weighted by molar-refractivity contribution is 7.90. The minimum absolute atomic E-state index is 0.489. The van der Waals surface area contributed by atoms with Gasteiger partial charge in [0.25, 0.3) is 0 Å². The summed E-state index contributed by atoms with van der Waals surface area (Å²) in [6, 6.07) is 7.17. The molecule has 0 spiro atoms. The zero-order valence-electron chi connectivity index (χ0n) is 10.4. The molecule has 1 aromatic carbocycles. The number of aromatic nitrogens is 2. The van der Waals surface area contributed by atoms with Gasteiger partial charge in [-0.2, -0.15) is 5.26 Å². The van der Waals surface area contributed by atoms with Gasteiger partial charge in [0.15, 0.2) is 9.84 Å². The van der Waals surface area contributed by atoms with Crippen LogP contribution >= 0.6 is 0 Å². The lowest BCUT2D eigenvalue weighted by Gasteiger charge is -2.08. The Labute approximate surface area is 106 Å². The number of hydrogen-bond donors (Lipinski definition) is 0. The zero-order valence-corrected chi connectivity index (χ0v) is 11.2. The second-order valence-electron chi connectivity index (χ2n) is 4.32. The van der Waals surface area contributed by atoms with E-state index in [1.807, 2.05) is 6.07 Å². The van der Waals surface area contributed by atoms with Crippen LogP contribution in [0.25, 0.3) is 11.0 Å². The first-order valence-corrected chi connectivity index (χ1v) is 7.35. The van der Waals surface area contributed by atoms with Gasteiger partial charge in [0.1, 0.15) is 11.1 Å². The maximum absolute atomic E-state index is 11.6. The van der Waals surface area contributed by atoms with Gasteiger partial charge in [0, 0.05) is 13.3 Å². The highest BCUT2D eigenvalue weighted by Gasteiger charge is 2.23. The summed E-state index contributed by atoms with van der Waals surface area (Å²) in [7, 11) is -1.41. The Kier molecular flexibility index (Phi) is 2.87. The van der Waals surface area contributed by atoms with Crippen molar-refractivity contribution in [2.45, 2.75) is 12.2 Å². The van der Waals surface area contributed by atoms with Crippen LogP contribution in [-0.2, 0) is 16.9 Å². The number of nitrogens with zero attached hydrogens (tertiary/aromatic N) is 3. The van der Waals surface area contributed by atoms with E-state index in [9.17, 15) is 8.42 Å². The smallest absolute Gasteiger partial charge is 0.157 e. The highest BCUT2D eigenvalue weighted by Crippen LogP contribution is 2.24. The van der Waals surface area contributed by atoms with Crippen LogP contribution in [0, 0.1) is 11.3 Å². The summed E-state index contributed by atoms with van der Waals surface area (Å²) >= 11 is 0. The predicted octanol–water partition coefficient (Wildman–Crippen LogP) is 1.55. The lowest BCUT2D eigenvalue weighted by molar-refractivity contribution is 0.587. The molecule has 1 unspecified atom stereocenters. The Morgan fingerprint density at radius 2 is 2.11 bits per heavy atom. The molecule has 1 aromatic heterocycles. The van der Waals surface area contributed by atoms with Gasteiger partial charge in [-0.15, -0.1) is 0 Å². The van der Waals surface area contributed by atoms with Gasteiger partial charge in [-0.05, 0) is 25.1 Å². The standard InChI is InChI=1S/C12H13N3O2S/c1-8(18(3,16)17)12-14-10-6-9(7-13)4-5-11(10)15(12)2/h4-6,8H,1-3H3. The third-order valence-corrected chi connectivity index (χ3v) is 4.55. The van der Waals surface area contributed by atoms with Crippen molar-refractivity contribution in [2.24, 2.45) is 7.05 Å². The quantitative estimate of drug-likeness (QED) is 0.823.